The third kappa shape index (κ3) is 20.9. The number of carbonyl (C=O) groups is 12. The Hall–Kier alpha value is -8.49. The average Bonchev–Trinajstić information content (AvgIpc) is 1.65. The molecule has 7 rings (SSSR count). The van der Waals surface area contributed by atoms with Crippen LogP contribution in [-0.2, 0) is 81.5 Å². The fourth-order valence-corrected chi connectivity index (χ4v) is 14.6. The van der Waals surface area contributed by atoms with E-state index < -0.39 is 175 Å². The van der Waals surface area contributed by atoms with Crippen LogP contribution in [0.3, 0.4) is 0 Å². The van der Waals surface area contributed by atoms with Crippen LogP contribution >= 0.6 is 11.6 Å². The number of benzene rings is 3. The first-order valence-electron chi connectivity index (χ1n) is 36.0. The van der Waals surface area contributed by atoms with Crippen molar-refractivity contribution in [1.82, 2.24) is 60.0 Å². The summed E-state index contributed by atoms with van der Waals surface area (Å²) in [4.78, 5) is 193. The van der Waals surface area contributed by atoms with Crippen LogP contribution < -0.4 is 16.0 Å². The molecule has 4 aliphatic rings. The first-order valence-corrected chi connectivity index (χ1v) is 36.4. The van der Waals surface area contributed by atoms with Gasteiger partial charge in [-0.3, -0.25) is 57.5 Å². The van der Waals surface area contributed by atoms with Crippen LogP contribution in [0.1, 0.15) is 130 Å². The number of aliphatic hydroxyl groups excluding tert-OH is 1. The molecule has 3 aromatic rings. The lowest BCUT2D eigenvalue weighted by Crippen LogP contribution is -2.62. The SMILES string of the molecule is CC(C)C[C@H]1C(=O)N(C)[C@H](C(=O)N2CCCCC2)CC(=O)N2CCC[C@H]2C(=O)N[C@@H](Cc2ccccc2)C(=O)N[C@@H](COC(C)(C)C)C(=O)N(C)[C@H]2CC(C)N(C2=O)[C@@H]([C@@H](C)O)C(=O)N(C)CC(=O)N(C)[C@@H](C(C)C)C(=O)N[C@@H](Cc2ccccc2)C(=O)N(C)[C@@H](Cc2cccc(Cl)c2)C(=O)N1C. The van der Waals surface area contributed by atoms with Crippen LogP contribution in [0.2, 0.25) is 5.02 Å². The molecule has 4 heterocycles. The second-order valence-corrected chi connectivity index (χ2v) is 30.5. The van der Waals surface area contributed by atoms with Gasteiger partial charge in [0.15, 0.2) is 0 Å². The smallest absolute Gasteiger partial charge is 0.248 e. The van der Waals surface area contributed by atoms with Gasteiger partial charge in [0.25, 0.3) is 0 Å². The molecule has 12 amide bonds. The zero-order valence-electron chi connectivity index (χ0n) is 62.6. The standard InChI is InChI=1S/C76H109ClN12O14/c1-46(2)37-58-71(98)85(14)61(73(100)87-34-23-18-24-35-87)43-62(91)88-36-26-33-57(88)67(94)78-54(40-50-27-19-16-20-28-50)66(93)80-56(45-103-76(7,8)9)70(97)82(11)59-38-48(5)89(74(59)101)65(49(6)90)75(102)81(10)44-63(92)86(15)64(47(3)4)68(95)79-55(41-51-29-21-17-22-30-51)69(96)83(12)60(72(99)84(58)13)42-52-31-25-32-53(77)39-52/h16-17,19-22,25,27-32,39,46-49,54-61,64-65,90H,18,23-24,26,33-38,40-45H2,1-15H3,(H,78,94)(H,79,95)(H,80,93)/t48?,49-,54+,55+,56+,57+,58+,59+,60+,61+,64+,65+/m1/s1. The lowest BCUT2D eigenvalue weighted by atomic mass is 9.96. The van der Waals surface area contributed by atoms with Crippen LogP contribution in [0.15, 0.2) is 84.9 Å². The number of fused-ring (bicyclic) bond motifs is 3. The molecule has 0 aliphatic carbocycles. The number of hydrogen-bond donors (Lipinski definition) is 4. The number of likely N-dealkylation sites (tertiary alicyclic amines) is 1. The molecule has 4 saturated heterocycles. The van der Waals surface area contributed by atoms with Crippen molar-refractivity contribution in [2.75, 3.05) is 75.1 Å². The largest absolute Gasteiger partial charge is 0.391 e. The van der Waals surface area contributed by atoms with Crippen molar-refractivity contribution in [2.24, 2.45) is 11.8 Å². The number of halogens is 1. The Labute approximate surface area is 611 Å². The van der Waals surface area contributed by atoms with Gasteiger partial charge in [-0.25, -0.2) is 0 Å². The normalized spacial score (nSPS) is 26.5. The number of likely N-dealkylation sites (N-methyl/N-ethyl adjacent to an activating group) is 6. The molecule has 3 aromatic carbocycles. The Balaban J connectivity index is 1.35. The van der Waals surface area contributed by atoms with Crippen LogP contribution in [0.25, 0.3) is 0 Å². The number of rotatable bonds is 13. The number of carbonyl (C=O) groups excluding carboxylic acids is 12. The highest BCUT2D eigenvalue weighted by Crippen LogP contribution is 2.30. The number of ether oxygens (including phenoxy) is 1. The van der Waals surface area contributed by atoms with Crippen molar-refractivity contribution >= 4 is 82.5 Å². The Morgan fingerprint density at radius 1 is 0.563 bits per heavy atom. The molecular weight excluding hydrogens is 1340 g/mol. The molecule has 4 aliphatic heterocycles. The molecule has 0 radical (unpaired) electrons. The van der Waals surface area contributed by atoms with Crippen molar-refractivity contribution in [1.29, 1.82) is 0 Å². The van der Waals surface area contributed by atoms with E-state index in [0.29, 0.717) is 54.1 Å². The van der Waals surface area contributed by atoms with E-state index in [9.17, 15) is 24.3 Å². The van der Waals surface area contributed by atoms with E-state index in [2.05, 4.69) is 16.0 Å². The third-order valence-corrected chi connectivity index (χ3v) is 20.4. The summed E-state index contributed by atoms with van der Waals surface area (Å²) in [6.45, 7) is 15.1. The summed E-state index contributed by atoms with van der Waals surface area (Å²) >= 11 is 6.57. The summed E-state index contributed by atoms with van der Waals surface area (Å²) in [5.41, 5.74) is 0.946. The van der Waals surface area contributed by atoms with E-state index in [1.165, 1.54) is 73.7 Å². The van der Waals surface area contributed by atoms with Crippen LogP contribution in [0.4, 0.5) is 0 Å². The first-order chi connectivity index (χ1) is 48.5. The molecule has 0 saturated carbocycles. The first kappa shape index (κ1) is 81.8. The molecule has 564 valence electrons. The molecule has 1 unspecified atom stereocenters. The Morgan fingerprint density at radius 3 is 1.69 bits per heavy atom. The van der Waals surface area contributed by atoms with E-state index in [4.69, 9.17) is 16.3 Å². The van der Waals surface area contributed by atoms with Crippen LogP contribution in [0, 0.1) is 11.8 Å². The van der Waals surface area contributed by atoms with Gasteiger partial charge in [-0.1, -0.05) is 112 Å². The van der Waals surface area contributed by atoms with Crippen molar-refractivity contribution in [2.45, 2.75) is 211 Å². The topological polar surface area (TPSA) is 300 Å². The lowest BCUT2D eigenvalue weighted by molar-refractivity contribution is -0.155. The average molecular weight is 1450 g/mol. The summed E-state index contributed by atoms with van der Waals surface area (Å²) in [6.07, 6.45) is 0.361. The number of nitrogens with one attached hydrogen (secondary N) is 3. The van der Waals surface area contributed by atoms with Gasteiger partial charge in [0.05, 0.1) is 31.3 Å². The summed E-state index contributed by atoms with van der Waals surface area (Å²) in [5.74, 6) is -9.39. The summed E-state index contributed by atoms with van der Waals surface area (Å²) in [7, 11) is 8.36. The van der Waals surface area contributed by atoms with Gasteiger partial charge in [0.2, 0.25) is 70.9 Å². The number of hydrogen-bond acceptors (Lipinski definition) is 14. The maximum atomic E-state index is 15.8. The fourth-order valence-electron chi connectivity index (χ4n) is 14.4. The van der Waals surface area contributed by atoms with Gasteiger partial charge < -0.3 is 69.9 Å². The molecule has 4 N–H and O–H groups in total. The molecule has 4 fully saturated rings. The quantitative estimate of drug-likeness (QED) is 0.190. The van der Waals surface area contributed by atoms with Gasteiger partial charge in [-0.05, 0) is 120 Å². The predicted molar refractivity (Wildman–Crippen MR) is 388 cm³/mol. The zero-order chi connectivity index (χ0) is 76.1. The third-order valence-electron chi connectivity index (χ3n) is 20.2. The zero-order valence-corrected chi connectivity index (χ0v) is 63.4. The highest BCUT2D eigenvalue weighted by Gasteiger charge is 2.50. The number of amides is 12. The van der Waals surface area contributed by atoms with Crippen molar-refractivity contribution < 1.29 is 67.4 Å². The summed E-state index contributed by atoms with van der Waals surface area (Å²) in [5, 5.41) is 20.4. The predicted octanol–water partition coefficient (Wildman–Crippen LogP) is 3.71. The molecule has 103 heavy (non-hydrogen) atoms. The van der Waals surface area contributed by atoms with Crippen molar-refractivity contribution in [3.05, 3.63) is 107 Å². The fraction of sp³-hybridized carbons (Fsp3) is 0.605. The maximum absolute atomic E-state index is 15.8. The van der Waals surface area contributed by atoms with Crippen molar-refractivity contribution in [3.63, 3.8) is 0 Å². The number of piperidine rings is 1. The highest BCUT2D eigenvalue weighted by molar-refractivity contribution is 6.30. The van der Waals surface area contributed by atoms with Gasteiger partial charge in [-0.2, -0.15) is 0 Å². The van der Waals surface area contributed by atoms with Gasteiger partial charge >= 0.3 is 0 Å². The second-order valence-electron chi connectivity index (χ2n) is 30.0. The minimum absolute atomic E-state index is 0.0316. The van der Waals surface area contributed by atoms with Gasteiger partial charge in [0.1, 0.15) is 60.4 Å². The van der Waals surface area contributed by atoms with Crippen LogP contribution in [-0.4, -0.2) is 273 Å². The van der Waals surface area contributed by atoms with Gasteiger partial charge in [0, 0.05) is 92.2 Å². The molecule has 27 heteroatoms. The van der Waals surface area contributed by atoms with Crippen LogP contribution in [0.5, 0.6) is 0 Å². The highest BCUT2D eigenvalue weighted by atomic mass is 35.5. The molecule has 12 atom stereocenters. The summed E-state index contributed by atoms with van der Waals surface area (Å²) in [6, 6.07) is 10.00. The Morgan fingerprint density at radius 2 is 1.12 bits per heavy atom. The van der Waals surface area contributed by atoms with E-state index >= 15 is 38.4 Å². The minimum Gasteiger partial charge on any atom is -0.391 e. The molecule has 2 bridgehead atoms. The molecular formula is C76H109ClN12O14. The van der Waals surface area contributed by atoms with E-state index in [-0.39, 0.29) is 51.0 Å². The second kappa shape index (κ2) is 36.3. The Kier molecular flexibility index (Phi) is 28.8. The molecule has 26 nitrogen and oxygen atoms in total. The van der Waals surface area contributed by atoms with E-state index in [0.717, 1.165) is 21.1 Å². The maximum Gasteiger partial charge on any atom is 0.248 e. The molecule has 0 spiro atoms. The minimum atomic E-state index is -1.58. The van der Waals surface area contributed by atoms with Gasteiger partial charge in [-0.15, -0.1) is 0 Å². The van der Waals surface area contributed by atoms with Crippen molar-refractivity contribution in [3.8, 4) is 0 Å². The number of nitrogens with zero attached hydrogens (tertiary/aromatic N) is 9. The number of aliphatic hydroxyl groups is 1. The Bertz CT molecular complexity index is 3510. The summed E-state index contributed by atoms with van der Waals surface area (Å²) < 4.78 is 6.15. The van der Waals surface area contributed by atoms with E-state index in [1.54, 1.807) is 131 Å². The lowest BCUT2D eigenvalue weighted by Gasteiger charge is -2.40. The monoisotopic (exact) mass is 1450 g/mol. The van der Waals surface area contributed by atoms with E-state index in [1.807, 2.05) is 13.8 Å². The molecule has 0 aromatic heterocycles.